The van der Waals surface area contributed by atoms with E-state index in [0.717, 1.165) is 16.1 Å². The molecule has 2 aromatic rings. The van der Waals surface area contributed by atoms with Crippen molar-refractivity contribution in [2.24, 2.45) is 0 Å². The summed E-state index contributed by atoms with van der Waals surface area (Å²) in [5, 5.41) is 1.04. The van der Waals surface area contributed by atoms with Crippen molar-refractivity contribution in [3.05, 3.63) is 35.9 Å². The number of thiazole rings is 1. The van der Waals surface area contributed by atoms with Crippen LogP contribution in [-0.2, 0) is 0 Å². The summed E-state index contributed by atoms with van der Waals surface area (Å²) in [6.45, 7) is 5.85. The van der Waals surface area contributed by atoms with Crippen LogP contribution in [0.2, 0.25) is 0 Å². The smallest absolute Gasteiger partial charge is 0.119 e. The number of para-hydroxylation sites is 1. The summed E-state index contributed by atoms with van der Waals surface area (Å²) in [6, 6.07) is 8.14. The summed E-state index contributed by atoms with van der Waals surface area (Å²) in [5.74, 6) is 0. The minimum Gasteiger partial charge on any atom is -0.236 e. The van der Waals surface area contributed by atoms with Crippen LogP contribution in [0, 0.1) is 0 Å². The second-order valence-corrected chi connectivity index (χ2v) is 3.80. The van der Waals surface area contributed by atoms with Gasteiger partial charge in [0.25, 0.3) is 0 Å². The Kier molecular flexibility index (Phi) is 1.70. The first-order valence-corrected chi connectivity index (χ1v) is 4.60. The molecule has 0 spiro atoms. The predicted molar refractivity (Wildman–Crippen MR) is 54.3 cm³/mol. The number of hydrogen-bond donors (Lipinski definition) is 0. The van der Waals surface area contributed by atoms with Gasteiger partial charge in [-0.1, -0.05) is 18.7 Å². The van der Waals surface area contributed by atoms with Gasteiger partial charge in [-0.2, -0.15) is 0 Å². The molecular formula is C10H9NS. The minimum atomic E-state index is 1.04. The van der Waals surface area contributed by atoms with Gasteiger partial charge in [-0.05, 0) is 24.6 Å². The van der Waals surface area contributed by atoms with Crippen molar-refractivity contribution in [2.45, 2.75) is 6.92 Å². The summed E-state index contributed by atoms with van der Waals surface area (Å²) in [5.41, 5.74) is 2.11. The number of nitrogens with zero attached hydrogens (tertiary/aromatic N) is 1. The van der Waals surface area contributed by atoms with Gasteiger partial charge >= 0.3 is 0 Å². The predicted octanol–water partition coefficient (Wildman–Crippen LogP) is 3.33. The van der Waals surface area contributed by atoms with E-state index >= 15 is 0 Å². The van der Waals surface area contributed by atoms with E-state index in [1.807, 2.05) is 25.1 Å². The fourth-order valence-electron chi connectivity index (χ4n) is 1.05. The molecule has 1 aromatic carbocycles. The van der Waals surface area contributed by atoms with E-state index in [1.54, 1.807) is 11.3 Å². The van der Waals surface area contributed by atoms with Gasteiger partial charge in [-0.3, -0.25) is 0 Å². The highest BCUT2D eigenvalue weighted by Gasteiger charge is 2.01. The molecule has 0 aliphatic heterocycles. The monoisotopic (exact) mass is 175 g/mol. The van der Waals surface area contributed by atoms with E-state index in [-0.39, 0.29) is 0 Å². The van der Waals surface area contributed by atoms with Gasteiger partial charge in [0.1, 0.15) is 5.01 Å². The molecule has 2 heteroatoms. The zero-order chi connectivity index (χ0) is 8.55. The number of benzene rings is 1. The molecule has 0 aliphatic carbocycles. The lowest BCUT2D eigenvalue weighted by Crippen LogP contribution is -1.72. The fourth-order valence-corrected chi connectivity index (χ4v) is 1.95. The highest BCUT2D eigenvalue weighted by atomic mass is 32.1. The van der Waals surface area contributed by atoms with Crippen molar-refractivity contribution in [2.75, 3.05) is 0 Å². The lowest BCUT2D eigenvalue weighted by Gasteiger charge is -1.85. The first kappa shape index (κ1) is 7.50. The van der Waals surface area contributed by atoms with Crippen LogP contribution in [0.4, 0.5) is 0 Å². The van der Waals surface area contributed by atoms with Crippen LogP contribution in [0.25, 0.3) is 15.8 Å². The third-order valence-electron chi connectivity index (χ3n) is 1.66. The topological polar surface area (TPSA) is 12.9 Å². The van der Waals surface area contributed by atoms with Gasteiger partial charge < -0.3 is 0 Å². The third-order valence-corrected chi connectivity index (χ3v) is 2.86. The largest absolute Gasteiger partial charge is 0.236 e. The van der Waals surface area contributed by atoms with Crippen molar-refractivity contribution in [1.29, 1.82) is 0 Å². The molecule has 1 heterocycles. The quantitative estimate of drug-likeness (QED) is 0.647. The Bertz CT molecular complexity index is 395. The molecule has 0 radical (unpaired) electrons. The molecule has 0 aliphatic rings. The van der Waals surface area contributed by atoms with Crippen LogP contribution in [0.5, 0.6) is 0 Å². The molecule has 0 atom stereocenters. The lowest BCUT2D eigenvalue weighted by atomic mass is 10.3. The number of aromatic nitrogens is 1. The van der Waals surface area contributed by atoms with Crippen molar-refractivity contribution in [1.82, 2.24) is 4.98 Å². The standard InChI is InChI=1S/C10H9NS/c1-7(2)10-11-8-5-3-4-6-9(8)12-10/h3-6H,1H2,2H3. The molecule has 12 heavy (non-hydrogen) atoms. The van der Waals surface area contributed by atoms with Crippen LogP contribution in [0.1, 0.15) is 11.9 Å². The lowest BCUT2D eigenvalue weighted by molar-refractivity contribution is 1.43. The Balaban J connectivity index is 2.70. The Morgan fingerprint density at radius 3 is 2.83 bits per heavy atom. The molecule has 1 nitrogen and oxygen atoms in total. The average molecular weight is 175 g/mol. The van der Waals surface area contributed by atoms with Crippen LogP contribution < -0.4 is 0 Å². The second-order valence-electron chi connectivity index (χ2n) is 2.77. The van der Waals surface area contributed by atoms with Crippen LogP contribution in [0.15, 0.2) is 30.8 Å². The number of hydrogen-bond acceptors (Lipinski definition) is 2. The van der Waals surface area contributed by atoms with Crippen molar-refractivity contribution < 1.29 is 0 Å². The molecule has 0 bridgehead atoms. The van der Waals surface area contributed by atoms with Gasteiger partial charge in [0, 0.05) is 0 Å². The van der Waals surface area contributed by atoms with Crippen molar-refractivity contribution in [3.8, 4) is 0 Å². The van der Waals surface area contributed by atoms with E-state index in [9.17, 15) is 0 Å². The zero-order valence-corrected chi connectivity index (χ0v) is 7.69. The molecule has 60 valence electrons. The average Bonchev–Trinajstić information content (AvgIpc) is 2.46. The van der Waals surface area contributed by atoms with Crippen molar-refractivity contribution >= 4 is 27.1 Å². The number of allylic oxidation sites excluding steroid dienone is 1. The Hall–Kier alpha value is -1.15. The Morgan fingerprint density at radius 1 is 1.42 bits per heavy atom. The van der Waals surface area contributed by atoms with Crippen LogP contribution in [-0.4, -0.2) is 4.98 Å². The van der Waals surface area contributed by atoms with E-state index in [2.05, 4.69) is 17.6 Å². The van der Waals surface area contributed by atoms with Gasteiger partial charge in [-0.25, -0.2) is 4.98 Å². The molecule has 0 amide bonds. The van der Waals surface area contributed by atoms with Crippen molar-refractivity contribution in [3.63, 3.8) is 0 Å². The maximum atomic E-state index is 4.43. The SMILES string of the molecule is C=C(C)c1nc2ccccc2s1. The van der Waals surface area contributed by atoms with Gasteiger partial charge in [0.05, 0.1) is 10.2 Å². The normalized spacial score (nSPS) is 10.4. The van der Waals surface area contributed by atoms with Gasteiger partial charge in [0.15, 0.2) is 0 Å². The Labute approximate surface area is 75.4 Å². The fraction of sp³-hybridized carbons (Fsp3) is 0.100. The van der Waals surface area contributed by atoms with Crippen LogP contribution >= 0.6 is 11.3 Å². The van der Waals surface area contributed by atoms with Gasteiger partial charge in [0.2, 0.25) is 0 Å². The number of rotatable bonds is 1. The molecule has 0 unspecified atom stereocenters. The minimum absolute atomic E-state index is 1.04. The highest BCUT2D eigenvalue weighted by molar-refractivity contribution is 7.19. The third kappa shape index (κ3) is 1.14. The zero-order valence-electron chi connectivity index (χ0n) is 6.87. The van der Waals surface area contributed by atoms with Crippen LogP contribution in [0.3, 0.4) is 0 Å². The maximum Gasteiger partial charge on any atom is 0.119 e. The van der Waals surface area contributed by atoms with E-state index in [1.165, 1.54) is 4.70 Å². The van der Waals surface area contributed by atoms with E-state index in [0.29, 0.717) is 0 Å². The summed E-state index contributed by atoms with van der Waals surface area (Å²) in [7, 11) is 0. The maximum absolute atomic E-state index is 4.43. The van der Waals surface area contributed by atoms with E-state index in [4.69, 9.17) is 0 Å². The molecule has 0 fully saturated rings. The summed E-state index contributed by atoms with van der Waals surface area (Å²) in [6.07, 6.45) is 0. The first-order chi connectivity index (χ1) is 5.77. The van der Waals surface area contributed by atoms with E-state index < -0.39 is 0 Å². The molecular weight excluding hydrogens is 166 g/mol. The Morgan fingerprint density at radius 2 is 2.17 bits per heavy atom. The second kappa shape index (κ2) is 2.72. The summed E-state index contributed by atoms with van der Waals surface area (Å²) in [4.78, 5) is 4.43. The molecule has 0 N–H and O–H groups in total. The first-order valence-electron chi connectivity index (χ1n) is 3.79. The molecule has 0 saturated heterocycles. The molecule has 0 saturated carbocycles. The van der Waals surface area contributed by atoms with Gasteiger partial charge in [-0.15, -0.1) is 11.3 Å². The summed E-state index contributed by atoms with van der Waals surface area (Å²) < 4.78 is 1.23. The highest BCUT2D eigenvalue weighted by Crippen LogP contribution is 2.25. The summed E-state index contributed by atoms with van der Waals surface area (Å²) >= 11 is 1.69. The molecule has 2 rings (SSSR count). The number of fused-ring (bicyclic) bond motifs is 1. The molecule has 1 aromatic heterocycles.